The number of carbonyl (C=O) groups excluding carboxylic acids is 2. The molecule has 0 bridgehead atoms. The minimum atomic E-state index is 0.0833. The van der Waals surface area contributed by atoms with Gasteiger partial charge in [-0.1, -0.05) is 18.2 Å². The van der Waals surface area contributed by atoms with Gasteiger partial charge >= 0.3 is 0 Å². The summed E-state index contributed by atoms with van der Waals surface area (Å²) in [6.07, 6.45) is 0.389. The SMILES string of the molecule is O=CC=O.ON(O)c1ccccc1. The van der Waals surface area contributed by atoms with Gasteiger partial charge in [0.05, 0.1) is 5.69 Å². The van der Waals surface area contributed by atoms with Gasteiger partial charge in [-0.05, 0) is 12.1 Å². The predicted molar refractivity (Wildman–Crippen MR) is 44.6 cm³/mol. The first kappa shape index (κ1) is 11.3. The largest absolute Gasteiger partial charge is 0.295 e. The summed E-state index contributed by atoms with van der Waals surface area (Å²) in [7, 11) is 0. The van der Waals surface area contributed by atoms with Crippen LogP contribution in [0.3, 0.4) is 0 Å². The van der Waals surface area contributed by atoms with Gasteiger partial charge in [0.25, 0.3) is 0 Å². The molecule has 0 fully saturated rings. The van der Waals surface area contributed by atoms with Gasteiger partial charge in [-0.3, -0.25) is 20.0 Å². The summed E-state index contributed by atoms with van der Waals surface area (Å²) in [6.45, 7) is 0. The molecule has 13 heavy (non-hydrogen) atoms. The molecular weight excluding hydrogens is 174 g/mol. The minimum Gasteiger partial charge on any atom is -0.295 e. The average Bonchev–Trinajstić information content (AvgIpc) is 2.19. The van der Waals surface area contributed by atoms with E-state index in [1.165, 1.54) is 0 Å². The Morgan fingerprint density at radius 2 is 1.46 bits per heavy atom. The number of aldehydes is 2. The maximum absolute atomic E-state index is 8.81. The summed E-state index contributed by atoms with van der Waals surface area (Å²) in [5.74, 6) is 0. The highest BCUT2D eigenvalue weighted by Gasteiger charge is 1.92. The Hall–Kier alpha value is -1.72. The van der Waals surface area contributed by atoms with Crippen LogP contribution in [-0.2, 0) is 9.59 Å². The lowest BCUT2D eigenvalue weighted by Crippen LogP contribution is -2.10. The zero-order chi connectivity index (χ0) is 10.1. The first-order valence-corrected chi connectivity index (χ1v) is 3.34. The Morgan fingerprint density at radius 3 is 1.69 bits per heavy atom. The van der Waals surface area contributed by atoms with E-state index in [1.54, 1.807) is 30.3 Å². The molecule has 2 N–H and O–H groups in total. The van der Waals surface area contributed by atoms with Gasteiger partial charge in [-0.2, -0.15) is 0 Å². The molecule has 0 spiro atoms. The van der Waals surface area contributed by atoms with Crippen LogP contribution in [0.4, 0.5) is 5.69 Å². The molecule has 0 aliphatic carbocycles. The Bertz CT molecular complexity index is 242. The number of benzene rings is 1. The van der Waals surface area contributed by atoms with Crippen molar-refractivity contribution >= 4 is 18.3 Å². The van der Waals surface area contributed by atoms with Crippen molar-refractivity contribution in [3.63, 3.8) is 0 Å². The van der Waals surface area contributed by atoms with Gasteiger partial charge in [-0.25, -0.2) is 0 Å². The molecule has 70 valence electrons. The fourth-order valence-corrected chi connectivity index (χ4v) is 0.561. The third-order valence-electron chi connectivity index (χ3n) is 1.04. The van der Waals surface area contributed by atoms with Crippen LogP contribution < -0.4 is 5.23 Å². The lowest BCUT2D eigenvalue weighted by Gasteiger charge is -2.05. The summed E-state index contributed by atoms with van der Waals surface area (Å²) < 4.78 is 0. The van der Waals surface area contributed by atoms with Gasteiger partial charge in [0.15, 0.2) is 12.6 Å². The number of anilines is 1. The lowest BCUT2D eigenvalue weighted by molar-refractivity contribution is -0.122. The van der Waals surface area contributed by atoms with E-state index in [0.29, 0.717) is 5.69 Å². The molecule has 5 nitrogen and oxygen atoms in total. The number of hydrogen-bond donors (Lipinski definition) is 2. The van der Waals surface area contributed by atoms with E-state index < -0.39 is 0 Å². The van der Waals surface area contributed by atoms with E-state index in [2.05, 4.69) is 0 Å². The van der Waals surface area contributed by atoms with Crippen molar-refractivity contribution in [2.45, 2.75) is 0 Å². The summed E-state index contributed by atoms with van der Waals surface area (Å²) in [5, 5.41) is 16.9. The molecule has 0 unspecified atom stereocenters. The number of para-hydroxylation sites is 1. The summed E-state index contributed by atoms with van der Waals surface area (Å²) in [6, 6.07) is 8.40. The van der Waals surface area contributed by atoms with Gasteiger partial charge in [-0.15, -0.1) is 5.23 Å². The number of nitrogens with zero attached hydrogens (tertiary/aromatic N) is 1. The predicted octanol–water partition coefficient (Wildman–Crippen LogP) is 0.656. The molecule has 5 heteroatoms. The van der Waals surface area contributed by atoms with E-state index in [4.69, 9.17) is 20.0 Å². The van der Waals surface area contributed by atoms with Crippen LogP contribution in [0.25, 0.3) is 0 Å². The molecule has 0 radical (unpaired) electrons. The van der Waals surface area contributed by atoms with Crippen LogP contribution in [0, 0.1) is 0 Å². The van der Waals surface area contributed by atoms with Crippen molar-refractivity contribution in [3.05, 3.63) is 30.3 Å². The molecule has 0 aliphatic rings. The zero-order valence-corrected chi connectivity index (χ0v) is 6.70. The second kappa shape index (κ2) is 6.96. The number of carbonyl (C=O) groups is 2. The second-order valence-corrected chi connectivity index (χ2v) is 1.90. The van der Waals surface area contributed by atoms with E-state index >= 15 is 0 Å². The Labute approximate surface area is 74.7 Å². The maximum atomic E-state index is 8.81. The Balaban J connectivity index is 0.000000310. The highest BCUT2D eigenvalue weighted by atomic mass is 16.8. The van der Waals surface area contributed by atoms with Crippen molar-refractivity contribution in [3.8, 4) is 0 Å². The lowest BCUT2D eigenvalue weighted by atomic mass is 10.3. The van der Waals surface area contributed by atoms with E-state index in [0.717, 1.165) is 0 Å². The topological polar surface area (TPSA) is 77.8 Å². The van der Waals surface area contributed by atoms with Gasteiger partial charge in [0.1, 0.15) is 0 Å². The molecule has 0 amide bonds. The van der Waals surface area contributed by atoms with Crippen LogP contribution in [0.15, 0.2) is 30.3 Å². The van der Waals surface area contributed by atoms with Crippen LogP contribution in [0.2, 0.25) is 0 Å². The molecule has 0 aliphatic heterocycles. The van der Waals surface area contributed by atoms with E-state index in [1.807, 2.05) is 0 Å². The standard InChI is InChI=1S/C6H7NO2.C2H2O2/c8-7(9)6-4-2-1-3-5-6;3-1-2-4/h1-5,8-9H;1-2H. The summed E-state index contributed by atoms with van der Waals surface area (Å²) in [4.78, 5) is 17.6. The summed E-state index contributed by atoms with van der Waals surface area (Å²) in [5.41, 5.74) is 0.359. The van der Waals surface area contributed by atoms with Gasteiger partial charge in [0.2, 0.25) is 0 Å². The number of hydrogen-bond acceptors (Lipinski definition) is 5. The molecule has 1 aromatic carbocycles. The molecule has 1 rings (SSSR count). The third kappa shape index (κ3) is 5.54. The third-order valence-corrected chi connectivity index (χ3v) is 1.04. The van der Waals surface area contributed by atoms with Crippen LogP contribution in [0.5, 0.6) is 0 Å². The van der Waals surface area contributed by atoms with Crippen molar-refractivity contribution < 1.29 is 20.0 Å². The molecule has 0 aromatic heterocycles. The highest BCUT2D eigenvalue weighted by Crippen LogP contribution is 2.06. The molecule has 0 atom stereocenters. The molecule has 0 saturated heterocycles. The van der Waals surface area contributed by atoms with Crippen molar-refractivity contribution in [1.29, 1.82) is 0 Å². The molecule has 1 aromatic rings. The molecule has 0 saturated carbocycles. The van der Waals surface area contributed by atoms with Crippen LogP contribution in [0.1, 0.15) is 0 Å². The van der Waals surface area contributed by atoms with Crippen molar-refractivity contribution in [1.82, 2.24) is 0 Å². The van der Waals surface area contributed by atoms with E-state index in [9.17, 15) is 0 Å². The second-order valence-electron chi connectivity index (χ2n) is 1.90. The first-order valence-electron chi connectivity index (χ1n) is 3.34. The molecular formula is C8H9NO4. The molecule has 0 heterocycles. The van der Waals surface area contributed by atoms with E-state index in [-0.39, 0.29) is 17.8 Å². The van der Waals surface area contributed by atoms with Crippen LogP contribution in [-0.4, -0.2) is 23.0 Å². The fraction of sp³-hybridized carbons (Fsp3) is 0. The normalized spacial score (nSPS) is 7.85. The average molecular weight is 183 g/mol. The smallest absolute Gasteiger partial charge is 0.182 e. The quantitative estimate of drug-likeness (QED) is 0.400. The number of rotatable bonds is 2. The summed E-state index contributed by atoms with van der Waals surface area (Å²) >= 11 is 0. The Morgan fingerprint density at radius 1 is 1.00 bits per heavy atom. The van der Waals surface area contributed by atoms with Gasteiger partial charge < -0.3 is 0 Å². The monoisotopic (exact) mass is 183 g/mol. The van der Waals surface area contributed by atoms with Crippen molar-refractivity contribution in [2.24, 2.45) is 0 Å². The van der Waals surface area contributed by atoms with Crippen LogP contribution >= 0.6 is 0 Å². The highest BCUT2D eigenvalue weighted by molar-refractivity contribution is 6.09. The Kier molecular flexibility index (Phi) is 6.04. The van der Waals surface area contributed by atoms with Gasteiger partial charge in [0, 0.05) is 0 Å². The maximum Gasteiger partial charge on any atom is 0.182 e. The zero-order valence-electron chi connectivity index (χ0n) is 6.70. The fourth-order valence-electron chi connectivity index (χ4n) is 0.561. The first-order chi connectivity index (χ1) is 6.22. The minimum absolute atomic E-state index is 0.0833. The van der Waals surface area contributed by atoms with Crippen molar-refractivity contribution in [2.75, 3.05) is 5.23 Å².